The molecule has 0 aliphatic carbocycles. The van der Waals surface area contributed by atoms with Gasteiger partial charge in [-0.05, 0) is 49.6 Å². The summed E-state index contributed by atoms with van der Waals surface area (Å²) in [5.74, 6) is 0.497. The lowest BCUT2D eigenvalue weighted by Crippen LogP contribution is -2.57. The number of carbonyl (C=O) groups excluding carboxylic acids is 1. The highest BCUT2D eigenvalue weighted by molar-refractivity contribution is 8.00. The van der Waals surface area contributed by atoms with Crippen molar-refractivity contribution in [2.75, 3.05) is 19.3 Å². The molecule has 3 heterocycles. The maximum atomic E-state index is 13.1. The van der Waals surface area contributed by atoms with Crippen molar-refractivity contribution >= 4 is 17.7 Å². The van der Waals surface area contributed by atoms with Crippen LogP contribution in [0.1, 0.15) is 31.9 Å². The smallest absolute Gasteiger partial charge is 0.251 e. The predicted molar refractivity (Wildman–Crippen MR) is 119 cm³/mol. The zero-order valence-corrected chi connectivity index (χ0v) is 18.1. The Morgan fingerprint density at radius 1 is 1.14 bits per heavy atom. The second-order valence-electron chi connectivity index (χ2n) is 8.81. The average molecular weight is 412 g/mol. The summed E-state index contributed by atoms with van der Waals surface area (Å²) < 4.78 is 1.61. The Hall–Kier alpha value is -2.05. The van der Waals surface area contributed by atoms with Gasteiger partial charge in [0.25, 0.3) is 5.56 Å². The third-order valence-electron chi connectivity index (χ3n) is 6.52. The first-order valence-electron chi connectivity index (χ1n) is 10.2. The molecular weight excluding hydrogens is 382 g/mol. The Morgan fingerprint density at radius 3 is 2.55 bits per heavy atom. The van der Waals surface area contributed by atoms with E-state index in [-0.39, 0.29) is 22.1 Å². The topological polar surface area (TPSA) is 68.3 Å². The van der Waals surface area contributed by atoms with E-state index in [1.807, 2.05) is 59.9 Å². The second kappa shape index (κ2) is 7.65. The Balaban J connectivity index is 1.64. The number of nitrogens with two attached hydrogens (primary N) is 1. The summed E-state index contributed by atoms with van der Waals surface area (Å²) in [5, 5.41) is 0. The van der Waals surface area contributed by atoms with E-state index in [1.165, 1.54) is 0 Å². The van der Waals surface area contributed by atoms with Crippen molar-refractivity contribution in [3.05, 3.63) is 58.5 Å². The number of fused-ring (bicyclic) bond motifs is 4. The molecule has 2 N–H and O–H groups in total. The number of benzene rings is 1. The first-order chi connectivity index (χ1) is 13.8. The number of aromatic nitrogens is 1. The van der Waals surface area contributed by atoms with Crippen LogP contribution in [0.25, 0.3) is 11.1 Å². The minimum absolute atomic E-state index is 0.0223. The van der Waals surface area contributed by atoms with Crippen LogP contribution in [0.15, 0.2) is 47.3 Å². The minimum Gasteiger partial charge on any atom is -0.340 e. The molecular formula is C23H29N3O2S. The summed E-state index contributed by atoms with van der Waals surface area (Å²) in [5.41, 5.74) is 9.43. The Labute approximate surface area is 176 Å². The number of piperidine rings is 1. The lowest BCUT2D eigenvalue weighted by molar-refractivity contribution is -0.135. The zero-order chi connectivity index (χ0) is 20.8. The fourth-order valence-electron chi connectivity index (χ4n) is 4.56. The van der Waals surface area contributed by atoms with E-state index in [9.17, 15) is 9.59 Å². The molecule has 2 aliphatic heterocycles. The highest BCUT2D eigenvalue weighted by atomic mass is 32.2. The van der Waals surface area contributed by atoms with Gasteiger partial charge >= 0.3 is 0 Å². The molecule has 0 saturated carbocycles. The van der Waals surface area contributed by atoms with Crippen molar-refractivity contribution < 1.29 is 4.79 Å². The van der Waals surface area contributed by atoms with Gasteiger partial charge in [0.2, 0.25) is 5.91 Å². The van der Waals surface area contributed by atoms with Crippen LogP contribution < -0.4 is 11.3 Å². The van der Waals surface area contributed by atoms with Crippen LogP contribution in [0.4, 0.5) is 0 Å². The van der Waals surface area contributed by atoms with Gasteiger partial charge in [0.1, 0.15) is 0 Å². The van der Waals surface area contributed by atoms with E-state index in [0.29, 0.717) is 25.6 Å². The zero-order valence-electron chi connectivity index (χ0n) is 17.3. The monoisotopic (exact) mass is 411 g/mol. The fraction of sp³-hybridized carbons (Fsp3) is 0.478. The van der Waals surface area contributed by atoms with Crippen LogP contribution in [0.3, 0.4) is 0 Å². The molecule has 1 fully saturated rings. The summed E-state index contributed by atoms with van der Waals surface area (Å²) >= 11 is 1.62. The molecule has 29 heavy (non-hydrogen) atoms. The molecule has 1 aromatic carbocycles. The lowest BCUT2D eigenvalue weighted by Gasteiger charge is -2.44. The normalized spacial score (nSPS) is 22.1. The van der Waals surface area contributed by atoms with Crippen LogP contribution in [-0.4, -0.2) is 45.5 Å². The summed E-state index contributed by atoms with van der Waals surface area (Å²) in [6.07, 6.45) is 3.01. The molecule has 6 heteroatoms. The number of nitrogens with zero attached hydrogens (tertiary/aromatic N) is 2. The number of amides is 1. The Kier molecular flexibility index (Phi) is 5.34. The van der Waals surface area contributed by atoms with Crippen molar-refractivity contribution in [2.24, 2.45) is 11.7 Å². The van der Waals surface area contributed by atoms with E-state index in [1.54, 1.807) is 17.8 Å². The summed E-state index contributed by atoms with van der Waals surface area (Å²) in [6.45, 7) is 6.02. The van der Waals surface area contributed by atoms with Crippen LogP contribution in [0, 0.1) is 5.92 Å². The van der Waals surface area contributed by atoms with Gasteiger partial charge in [-0.3, -0.25) is 9.59 Å². The number of carbonyl (C=O) groups is 1. The number of pyridine rings is 1. The van der Waals surface area contributed by atoms with Gasteiger partial charge < -0.3 is 15.2 Å². The van der Waals surface area contributed by atoms with Crippen molar-refractivity contribution in [3.8, 4) is 11.1 Å². The van der Waals surface area contributed by atoms with E-state index in [2.05, 4.69) is 6.07 Å². The molecule has 1 aromatic heterocycles. The third-order valence-corrected chi connectivity index (χ3v) is 7.82. The molecule has 0 spiro atoms. The fourth-order valence-corrected chi connectivity index (χ4v) is 4.91. The SMILES string of the molecule is CSC(C)(C)[C@H](N)C(=O)N1C[C@@H]2C[C@H](C1)c1cc(-c3ccccc3)cc(=O)n1C2. The largest absolute Gasteiger partial charge is 0.340 e. The Bertz CT molecular complexity index is 970. The highest BCUT2D eigenvalue weighted by Crippen LogP contribution is 2.37. The number of hydrogen-bond acceptors (Lipinski definition) is 4. The van der Waals surface area contributed by atoms with E-state index < -0.39 is 6.04 Å². The van der Waals surface area contributed by atoms with E-state index >= 15 is 0 Å². The molecule has 2 bridgehead atoms. The third kappa shape index (κ3) is 3.76. The molecule has 3 atom stereocenters. The van der Waals surface area contributed by atoms with Gasteiger partial charge in [0.05, 0.1) is 6.04 Å². The predicted octanol–water partition coefficient (Wildman–Crippen LogP) is 2.93. The summed E-state index contributed by atoms with van der Waals surface area (Å²) in [6, 6.07) is 13.3. The maximum Gasteiger partial charge on any atom is 0.251 e. The van der Waals surface area contributed by atoms with Crippen LogP contribution in [-0.2, 0) is 11.3 Å². The van der Waals surface area contributed by atoms with Gasteiger partial charge in [-0.1, -0.05) is 30.3 Å². The van der Waals surface area contributed by atoms with Gasteiger partial charge in [-0.2, -0.15) is 11.8 Å². The van der Waals surface area contributed by atoms with Crippen molar-refractivity contribution in [2.45, 2.75) is 43.5 Å². The highest BCUT2D eigenvalue weighted by Gasteiger charge is 2.40. The number of rotatable bonds is 4. The quantitative estimate of drug-likeness (QED) is 0.840. The standard InChI is InChI=1S/C23H29N3O2S/c1-23(2,29-3)21(24)22(28)25-12-15-9-18(14-25)19-10-17(11-20(27)26(19)13-15)16-7-5-4-6-8-16/h4-8,10-11,15,18,21H,9,12-14,24H2,1-3H3/t15-,18+,21+/m0/s1. The molecule has 0 radical (unpaired) electrons. The molecule has 2 aliphatic rings. The van der Waals surface area contributed by atoms with E-state index in [4.69, 9.17) is 5.73 Å². The molecule has 1 saturated heterocycles. The van der Waals surface area contributed by atoms with Crippen molar-refractivity contribution in [3.63, 3.8) is 0 Å². The molecule has 5 nitrogen and oxygen atoms in total. The Morgan fingerprint density at radius 2 is 1.86 bits per heavy atom. The second-order valence-corrected chi connectivity index (χ2v) is 10.3. The first kappa shape index (κ1) is 20.2. The van der Waals surface area contributed by atoms with Crippen molar-refractivity contribution in [1.82, 2.24) is 9.47 Å². The molecule has 4 rings (SSSR count). The maximum absolute atomic E-state index is 13.1. The number of likely N-dealkylation sites (tertiary alicyclic amines) is 1. The first-order valence-corrected chi connectivity index (χ1v) is 11.4. The molecule has 1 amide bonds. The average Bonchev–Trinajstić information content (AvgIpc) is 2.73. The van der Waals surface area contributed by atoms with Crippen LogP contribution in [0.2, 0.25) is 0 Å². The minimum atomic E-state index is -0.533. The van der Waals surface area contributed by atoms with Gasteiger partial charge in [-0.15, -0.1) is 0 Å². The van der Waals surface area contributed by atoms with Crippen molar-refractivity contribution in [1.29, 1.82) is 0 Å². The number of thioether (sulfide) groups is 1. The molecule has 2 aromatic rings. The number of hydrogen-bond donors (Lipinski definition) is 1. The van der Waals surface area contributed by atoms with Crippen LogP contribution >= 0.6 is 11.8 Å². The summed E-state index contributed by atoms with van der Waals surface area (Å²) in [7, 11) is 0. The molecule has 0 unspecified atom stereocenters. The van der Waals surface area contributed by atoms with E-state index in [0.717, 1.165) is 23.2 Å². The van der Waals surface area contributed by atoms with Crippen LogP contribution in [0.5, 0.6) is 0 Å². The lowest BCUT2D eigenvalue weighted by atomic mass is 9.82. The van der Waals surface area contributed by atoms with Gasteiger partial charge in [0.15, 0.2) is 0 Å². The summed E-state index contributed by atoms with van der Waals surface area (Å²) in [4.78, 5) is 27.9. The molecule has 154 valence electrons. The van der Waals surface area contributed by atoms with Gasteiger partial charge in [-0.25, -0.2) is 0 Å². The van der Waals surface area contributed by atoms with Gasteiger partial charge in [0, 0.05) is 42.1 Å².